The number of halogens is 1. The van der Waals surface area contributed by atoms with Gasteiger partial charge in [0.05, 0.1) is 11.3 Å². The van der Waals surface area contributed by atoms with Gasteiger partial charge in [0.15, 0.2) is 11.9 Å². The molecule has 3 atom stereocenters. The van der Waals surface area contributed by atoms with Crippen molar-refractivity contribution in [2.24, 2.45) is 11.1 Å². The Morgan fingerprint density at radius 2 is 1.97 bits per heavy atom. The van der Waals surface area contributed by atoms with Crippen molar-refractivity contribution in [2.75, 3.05) is 12.4 Å². The summed E-state index contributed by atoms with van der Waals surface area (Å²) < 4.78 is 5.69. The predicted octanol–water partition coefficient (Wildman–Crippen LogP) is 6.60. The molecule has 7 heteroatoms. The summed E-state index contributed by atoms with van der Waals surface area (Å²) in [6.07, 6.45) is 2.96. The van der Waals surface area contributed by atoms with Crippen LogP contribution in [0.2, 0.25) is 5.02 Å². The van der Waals surface area contributed by atoms with E-state index in [1.165, 1.54) is 0 Å². The largest absolute Gasteiger partial charge is 0.511 e. The van der Waals surface area contributed by atoms with E-state index in [0.717, 1.165) is 18.6 Å². The molecule has 3 unspecified atom stereocenters. The number of aliphatic hydroxyl groups is 1. The molecule has 0 saturated carbocycles. The van der Waals surface area contributed by atoms with Crippen molar-refractivity contribution in [3.8, 4) is 5.75 Å². The second-order valence-corrected chi connectivity index (χ2v) is 10.1. The van der Waals surface area contributed by atoms with Crippen LogP contribution in [0.15, 0.2) is 40.8 Å². The molecule has 172 valence electrons. The molecule has 0 saturated heterocycles. The van der Waals surface area contributed by atoms with E-state index in [4.69, 9.17) is 21.2 Å². The molecule has 0 amide bonds. The molecule has 0 fully saturated rings. The number of Topliss-reactive ketones (excluding diaryl/α,β-unsaturated/α-hetero) is 1. The molecular formula is C24H34ClNO4S. The maximum Gasteiger partial charge on any atom is 0.168 e. The van der Waals surface area contributed by atoms with Crippen LogP contribution in [0, 0.1) is 5.92 Å². The number of allylic oxidation sites excluding steroid dienone is 2. The molecule has 1 N–H and O–H groups in total. The van der Waals surface area contributed by atoms with Crippen LogP contribution >= 0.6 is 23.4 Å². The highest BCUT2D eigenvalue weighted by Gasteiger charge is 2.31. The molecule has 0 bridgehead atoms. The summed E-state index contributed by atoms with van der Waals surface area (Å²) >= 11 is 7.77. The minimum Gasteiger partial charge on any atom is -0.511 e. The van der Waals surface area contributed by atoms with Crippen molar-refractivity contribution in [1.82, 2.24) is 0 Å². The molecule has 31 heavy (non-hydrogen) atoms. The molecule has 0 heterocycles. The van der Waals surface area contributed by atoms with E-state index in [1.54, 1.807) is 24.3 Å². The lowest BCUT2D eigenvalue weighted by Gasteiger charge is -2.26. The normalized spacial score (nSPS) is 19.3. The van der Waals surface area contributed by atoms with Crippen LogP contribution in [0.3, 0.4) is 0 Å². The zero-order chi connectivity index (χ0) is 22.8. The molecule has 2 rings (SSSR count). The Morgan fingerprint density at radius 3 is 2.58 bits per heavy atom. The third-order valence-electron chi connectivity index (χ3n) is 5.06. The third-order valence-corrected chi connectivity index (χ3v) is 6.40. The predicted molar refractivity (Wildman–Crippen MR) is 129 cm³/mol. The molecule has 1 aliphatic rings. The van der Waals surface area contributed by atoms with Gasteiger partial charge in [-0.2, -0.15) is 11.8 Å². The number of hydrogen-bond donors (Lipinski definition) is 1. The molecule has 0 spiro atoms. The molecule has 1 aromatic rings. The molecule has 1 aromatic carbocycles. The summed E-state index contributed by atoms with van der Waals surface area (Å²) in [4.78, 5) is 18.5. The zero-order valence-electron chi connectivity index (χ0n) is 18.9. The lowest BCUT2D eigenvalue weighted by molar-refractivity contribution is -0.116. The molecule has 0 aliphatic heterocycles. The SMILES string of the molecule is CCCC(=NOC(C)COc1ccc(Cl)cc1)C1=C(O)CC(CC(C)SCC)CC1=O. The van der Waals surface area contributed by atoms with E-state index in [-0.39, 0.29) is 23.6 Å². The van der Waals surface area contributed by atoms with Gasteiger partial charge in [0, 0.05) is 23.1 Å². The second-order valence-electron chi connectivity index (χ2n) is 7.99. The first kappa shape index (κ1) is 25.6. The number of benzene rings is 1. The van der Waals surface area contributed by atoms with Crippen molar-refractivity contribution in [2.45, 2.75) is 71.2 Å². The Balaban J connectivity index is 2.01. The summed E-state index contributed by atoms with van der Waals surface area (Å²) in [7, 11) is 0. The Labute approximate surface area is 195 Å². The maximum atomic E-state index is 12.9. The summed E-state index contributed by atoms with van der Waals surface area (Å²) in [5.41, 5.74) is 0.873. The minimum atomic E-state index is -0.316. The van der Waals surface area contributed by atoms with Crippen LogP contribution in [-0.4, -0.2) is 40.3 Å². The maximum absolute atomic E-state index is 12.9. The summed E-state index contributed by atoms with van der Waals surface area (Å²) in [6, 6.07) is 7.11. The Morgan fingerprint density at radius 1 is 1.26 bits per heavy atom. The van der Waals surface area contributed by atoms with Gasteiger partial charge in [0.1, 0.15) is 18.1 Å². The van der Waals surface area contributed by atoms with Gasteiger partial charge in [0.2, 0.25) is 0 Å². The van der Waals surface area contributed by atoms with Gasteiger partial charge in [-0.15, -0.1) is 0 Å². The van der Waals surface area contributed by atoms with E-state index in [9.17, 15) is 9.90 Å². The standard InChI is InChI=1S/C24H34ClNO4S/c1-5-7-21(26-30-16(3)15-29-20-10-8-19(25)9-11-20)24-22(27)13-18(14-23(24)28)12-17(4)31-6-2/h8-11,16-18,27H,5-7,12-15H2,1-4H3. The summed E-state index contributed by atoms with van der Waals surface area (Å²) in [5, 5.41) is 16.0. The van der Waals surface area contributed by atoms with Crippen molar-refractivity contribution < 1.29 is 19.5 Å². The van der Waals surface area contributed by atoms with Crippen LogP contribution in [0.5, 0.6) is 5.75 Å². The van der Waals surface area contributed by atoms with Gasteiger partial charge < -0.3 is 14.7 Å². The van der Waals surface area contributed by atoms with Crippen LogP contribution in [0.25, 0.3) is 0 Å². The number of ether oxygens (including phenoxy) is 1. The zero-order valence-corrected chi connectivity index (χ0v) is 20.5. The highest BCUT2D eigenvalue weighted by atomic mass is 35.5. The average Bonchev–Trinajstić information content (AvgIpc) is 2.71. The number of nitrogens with zero attached hydrogens (tertiary/aromatic N) is 1. The van der Waals surface area contributed by atoms with Crippen LogP contribution in [0.4, 0.5) is 0 Å². The second kappa shape index (κ2) is 13.0. The molecule has 1 aliphatic carbocycles. The molecule has 0 aromatic heterocycles. The first-order chi connectivity index (χ1) is 14.8. The van der Waals surface area contributed by atoms with Crippen molar-refractivity contribution >= 4 is 34.9 Å². The van der Waals surface area contributed by atoms with E-state index < -0.39 is 0 Å². The summed E-state index contributed by atoms with van der Waals surface area (Å²) in [6.45, 7) is 8.49. The fourth-order valence-electron chi connectivity index (χ4n) is 3.67. The van der Waals surface area contributed by atoms with Crippen molar-refractivity contribution in [1.29, 1.82) is 0 Å². The summed E-state index contributed by atoms with van der Waals surface area (Å²) in [5.74, 6) is 2.04. The third kappa shape index (κ3) is 8.41. The minimum absolute atomic E-state index is 0.0386. The molecule has 5 nitrogen and oxygen atoms in total. The quantitative estimate of drug-likeness (QED) is 0.277. The number of thioether (sulfide) groups is 1. The van der Waals surface area contributed by atoms with E-state index >= 15 is 0 Å². The van der Waals surface area contributed by atoms with Gasteiger partial charge in [-0.3, -0.25) is 4.79 Å². The average molecular weight is 468 g/mol. The monoisotopic (exact) mass is 467 g/mol. The number of oxime groups is 1. The fourth-order valence-corrected chi connectivity index (χ4v) is 4.77. The number of carbonyl (C=O) groups is 1. The Bertz CT molecular complexity index is 778. The highest BCUT2D eigenvalue weighted by Crippen LogP contribution is 2.33. The topological polar surface area (TPSA) is 68.1 Å². The first-order valence-electron chi connectivity index (χ1n) is 11.0. The Hall–Kier alpha value is -1.66. The van der Waals surface area contributed by atoms with Crippen molar-refractivity contribution in [3.63, 3.8) is 0 Å². The van der Waals surface area contributed by atoms with E-state index in [1.807, 2.05) is 25.6 Å². The fraction of sp³-hybridized carbons (Fsp3) is 0.583. The number of aliphatic hydroxyl groups excluding tert-OH is 1. The molecule has 0 radical (unpaired) electrons. The number of hydrogen-bond acceptors (Lipinski definition) is 6. The van der Waals surface area contributed by atoms with Crippen LogP contribution in [0.1, 0.15) is 59.8 Å². The Kier molecular flexibility index (Phi) is 10.7. The van der Waals surface area contributed by atoms with Crippen molar-refractivity contribution in [3.05, 3.63) is 40.6 Å². The van der Waals surface area contributed by atoms with Gasteiger partial charge in [0.25, 0.3) is 0 Å². The van der Waals surface area contributed by atoms with Crippen LogP contribution in [-0.2, 0) is 9.63 Å². The smallest absolute Gasteiger partial charge is 0.168 e. The van der Waals surface area contributed by atoms with Crippen LogP contribution < -0.4 is 4.74 Å². The van der Waals surface area contributed by atoms with Gasteiger partial charge in [-0.25, -0.2) is 0 Å². The number of carbonyl (C=O) groups excluding carboxylic acids is 1. The first-order valence-corrected chi connectivity index (χ1v) is 12.4. The van der Waals surface area contributed by atoms with Gasteiger partial charge in [-0.1, -0.05) is 43.9 Å². The van der Waals surface area contributed by atoms with Gasteiger partial charge >= 0.3 is 0 Å². The number of ketones is 1. The van der Waals surface area contributed by atoms with E-state index in [0.29, 0.717) is 53.2 Å². The van der Waals surface area contributed by atoms with Gasteiger partial charge in [-0.05, 0) is 55.7 Å². The number of rotatable bonds is 12. The lowest BCUT2D eigenvalue weighted by atomic mass is 9.82. The highest BCUT2D eigenvalue weighted by molar-refractivity contribution is 7.99. The van der Waals surface area contributed by atoms with E-state index in [2.05, 4.69) is 19.0 Å². The molecular weight excluding hydrogens is 434 g/mol. The lowest BCUT2D eigenvalue weighted by Crippen LogP contribution is -2.26.